The van der Waals surface area contributed by atoms with Gasteiger partial charge in [-0.1, -0.05) is 36.0 Å². The summed E-state index contributed by atoms with van der Waals surface area (Å²) in [5.41, 5.74) is 0.426. The van der Waals surface area contributed by atoms with Crippen molar-refractivity contribution in [3.63, 3.8) is 0 Å². The zero-order chi connectivity index (χ0) is 18.2. The summed E-state index contributed by atoms with van der Waals surface area (Å²) in [4.78, 5) is 33.2. The van der Waals surface area contributed by atoms with E-state index in [1.807, 2.05) is 31.2 Å². The lowest BCUT2D eigenvalue weighted by Gasteiger charge is -2.22. The van der Waals surface area contributed by atoms with Crippen molar-refractivity contribution in [2.45, 2.75) is 18.6 Å². The normalized spacial score (nSPS) is 10.3. The molecule has 7 heteroatoms. The lowest BCUT2D eigenvalue weighted by molar-refractivity contribution is 0.0759. The Labute approximate surface area is 150 Å². The second-order valence-electron chi connectivity index (χ2n) is 5.15. The van der Waals surface area contributed by atoms with Gasteiger partial charge in [0.1, 0.15) is 11.3 Å². The van der Waals surface area contributed by atoms with Crippen molar-refractivity contribution in [2.24, 2.45) is 0 Å². The van der Waals surface area contributed by atoms with E-state index in [2.05, 4.69) is 16.5 Å². The number of nitrogens with zero attached hydrogens (tertiary/aromatic N) is 2. The van der Waals surface area contributed by atoms with Gasteiger partial charge in [-0.15, -0.1) is 6.58 Å². The maximum Gasteiger partial charge on any atom is 0.264 e. The fourth-order valence-electron chi connectivity index (χ4n) is 2.32. The number of H-pyrrole nitrogens is 1. The standard InChI is InChI=1S/C18H21N3O3S/c1-4-10-21(12-13-8-6-7-9-15(13)24-5-2)17(23)14-11-19-18(25-3)20-16(14)22/h4,6-9,11H,1,5,10,12H2,2-3H3,(H,19,20,22). The van der Waals surface area contributed by atoms with Crippen LogP contribution < -0.4 is 10.3 Å². The zero-order valence-electron chi connectivity index (χ0n) is 14.3. The minimum atomic E-state index is -0.448. The van der Waals surface area contributed by atoms with E-state index in [1.165, 1.54) is 22.9 Å². The molecule has 6 nitrogen and oxygen atoms in total. The number of thioether (sulfide) groups is 1. The molecule has 1 aromatic heterocycles. The van der Waals surface area contributed by atoms with Gasteiger partial charge in [0, 0.05) is 24.8 Å². The minimum Gasteiger partial charge on any atom is -0.494 e. The molecule has 1 heterocycles. The van der Waals surface area contributed by atoms with Crippen LogP contribution in [0.5, 0.6) is 5.75 Å². The fraction of sp³-hybridized carbons (Fsp3) is 0.278. The number of aromatic nitrogens is 2. The summed E-state index contributed by atoms with van der Waals surface area (Å²) >= 11 is 1.31. The Morgan fingerprint density at radius 3 is 2.84 bits per heavy atom. The lowest BCUT2D eigenvalue weighted by atomic mass is 10.1. The third kappa shape index (κ3) is 4.73. The predicted molar refractivity (Wildman–Crippen MR) is 99.2 cm³/mol. The summed E-state index contributed by atoms with van der Waals surface area (Å²) in [6, 6.07) is 7.52. The second-order valence-corrected chi connectivity index (χ2v) is 5.95. The number of amides is 1. The molecule has 0 atom stereocenters. The van der Waals surface area contributed by atoms with E-state index >= 15 is 0 Å². The Kier molecular flexibility index (Phi) is 6.82. The van der Waals surface area contributed by atoms with Crippen molar-refractivity contribution in [3.8, 4) is 5.75 Å². The second kappa shape index (κ2) is 9.08. The summed E-state index contributed by atoms with van der Waals surface area (Å²) < 4.78 is 5.61. The van der Waals surface area contributed by atoms with Gasteiger partial charge in [0.2, 0.25) is 0 Å². The van der Waals surface area contributed by atoms with Crippen LogP contribution in [0.4, 0.5) is 0 Å². The van der Waals surface area contributed by atoms with E-state index in [0.717, 1.165) is 11.3 Å². The number of ether oxygens (including phenoxy) is 1. The fourth-order valence-corrected chi connectivity index (χ4v) is 2.67. The number of hydrogen-bond acceptors (Lipinski definition) is 5. The number of aromatic amines is 1. The molecule has 0 aliphatic heterocycles. The van der Waals surface area contributed by atoms with Crippen molar-refractivity contribution >= 4 is 17.7 Å². The quantitative estimate of drug-likeness (QED) is 0.446. The molecule has 0 aliphatic rings. The van der Waals surface area contributed by atoms with Crippen LogP contribution in [-0.2, 0) is 6.54 Å². The number of carbonyl (C=O) groups excluding carboxylic acids is 1. The molecule has 132 valence electrons. The number of para-hydroxylation sites is 1. The average molecular weight is 359 g/mol. The van der Waals surface area contributed by atoms with Gasteiger partial charge in [0.15, 0.2) is 5.16 Å². The lowest BCUT2D eigenvalue weighted by Crippen LogP contribution is -2.35. The summed E-state index contributed by atoms with van der Waals surface area (Å²) in [6.07, 6.45) is 4.74. The molecule has 0 radical (unpaired) electrons. The van der Waals surface area contributed by atoms with Gasteiger partial charge < -0.3 is 14.6 Å². The Morgan fingerprint density at radius 1 is 1.44 bits per heavy atom. The van der Waals surface area contributed by atoms with Gasteiger partial charge in [-0.05, 0) is 19.2 Å². The first-order chi connectivity index (χ1) is 12.1. The summed E-state index contributed by atoms with van der Waals surface area (Å²) in [5, 5.41) is 0.471. The smallest absolute Gasteiger partial charge is 0.264 e. The van der Waals surface area contributed by atoms with Gasteiger partial charge in [-0.25, -0.2) is 4.98 Å². The molecule has 0 unspecified atom stereocenters. The first-order valence-electron chi connectivity index (χ1n) is 7.84. The van der Waals surface area contributed by atoms with Crippen LogP contribution in [0.25, 0.3) is 0 Å². The Hall–Kier alpha value is -2.54. The number of benzene rings is 1. The van der Waals surface area contributed by atoms with Crippen molar-refractivity contribution in [3.05, 3.63) is 64.6 Å². The summed E-state index contributed by atoms with van der Waals surface area (Å²) in [6.45, 7) is 6.75. The SMILES string of the molecule is C=CCN(Cc1ccccc1OCC)C(=O)c1cnc(SC)[nH]c1=O. The largest absolute Gasteiger partial charge is 0.494 e. The first kappa shape index (κ1) is 18.8. The molecule has 25 heavy (non-hydrogen) atoms. The van der Waals surface area contributed by atoms with Gasteiger partial charge in [-0.2, -0.15) is 0 Å². The zero-order valence-corrected chi connectivity index (χ0v) is 15.1. The maximum atomic E-state index is 12.8. The molecule has 0 spiro atoms. The average Bonchev–Trinajstić information content (AvgIpc) is 2.62. The van der Waals surface area contributed by atoms with Gasteiger partial charge in [0.25, 0.3) is 11.5 Å². The van der Waals surface area contributed by atoms with E-state index in [1.54, 1.807) is 12.3 Å². The van der Waals surface area contributed by atoms with Crippen LogP contribution in [0.1, 0.15) is 22.8 Å². The number of carbonyl (C=O) groups is 1. The van der Waals surface area contributed by atoms with Crippen molar-refractivity contribution in [1.82, 2.24) is 14.9 Å². The molecular formula is C18H21N3O3S. The van der Waals surface area contributed by atoms with Crippen LogP contribution in [0.15, 0.2) is 53.1 Å². The molecule has 2 rings (SSSR count). The molecule has 2 aromatic rings. The van der Waals surface area contributed by atoms with E-state index in [4.69, 9.17) is 4.74 Å². The molecule has 0 saturated heterocycles. The Morgan fingerprint density at radius 2 is 2.20 bits per heavy atom. The Balaban J connectivity index is 2.30. The van der Waals surface area contributed by atoms with Gasteiger partial charge >= 0.3 is 0 Å². The molecule has 0 aliphatic carbocycles. The van der Waals surface area contributed by atoms with E-state index in [-0.39, 0.29) is 5.56 Å². The van der Waals surface area contributed by atoms with Crippen LogP contribution in [0.3, 0.4) is 0 Å². The van der Waals surface area contributed by atoms with Crippen molar-refractivity contribution < 1.29 is 9.53 Å². The highest BCUT2D eigenvalue weighted by Gasteiger charge is 2.20. The van der Waals surface area contributed by atoms with Crippen molar-refractivity contribution in [1.29, 1.82) is 0 Å². The summed E-state index contributed by atoms with van der Waals surface area (Å²) in [5.74, 6) is 0.323. The predicted octanol–water partition coefficient (Wildman–Crippen LogP) is 2.72. The maximum absolute atomic E-state index is 12.8. The number of hydrogen-bond donors (Lipinski definition) is 1. The highest BCUT2D eigenvalue weighted by molar-refractivity contribution is 7.98. The number of nitrogens with one attached hydrogen (secondary N) is 1. The topological polar surface area (TPSA) is 75.3 Å². The molecule has 0 saturated carbocycles. The van der Waals surface area contributed by atoms with Crippen LogP contribution in [0, 0.1) is 0 Å². The first-order valence-corrected chi connectivity index (χ1v) is 9.07. The van der Waals surface area contributed by atoms with Crippen LogP contribution in [-0.4, -0.2) is 40.2 Å². The number of rotatable bonds is 8. The molecule has 1 N–H and O–H groups in total. The molecule has 0 bridgehead atoms. The van der Waals surface area contributed by atoms with Crippen molar-refractivity contribution in [2.75, 3.05) is 19.4 Å². The minimum absolute atomic E-state index is 0.00791. The Bertz CT molecular complexity index is 804. The highest BCUT2D eigenvalue weighted by atomic mass is 32.2. The van der Waals surface area contributed by atoms with E-state index < -0.39 is 11.5 Å². The molecule has 1 aromatic carbocycles. The molecule has 1 amide bonds. The van der Waals surface area contributed by atoms with E-state index in [9.17, 15) is 9.59 Å². The molecule has 0 fully saturated rings. The monoisotopic (exact) mass is 359 g/mol. The van der Waals surface area contributed by atoms with Crippen LogP contribution in [0.2, 0.25) is 0 Å². The molecular weight excluding hydrogens is 338 g/mol. The van der Waals surface area contributed by atoms with Gasteiger partial charge in [0.05, 0.1) is 6.61 Å². The third-order valence-electron chi connectivity index (χ3n) is 3.47. The van der Waals surface area contributed by atoms with Crippen LogP contribution >= 0.6 is 11.8 Å². The van der Waals surface area contributed by atoms with Gasteiger partial charge in [-0.3, -0.25) is 9.59 Å². The summed E-state index contributed by atoms with van der Waals surface area (Å²) in [7, 11) is 0. The third-order valence-corrected chi connectivity index (χ3v) is 4.06. The highest BCUT2D eigenvalue weighted by Crippen LogP contribution is 2.20. The van der Waals surface area contributed by atoms with E-state index in [0.29, 0.717) is 24.9 Å².